The third-order valence-electron chi connectivity index (χ3n) is 3.93. The molecule has 5 heteroatoms. The highest BCUT2D eigenvalue weighted by molar-refractivity contribution is 6.05. The van der Waals surface area contributed by atoms with Crippen LogP contribution >= 0.6 is 0 Å². The van der Waals surface area contributed by atoms with Crippen LogP contribution in [0.1, 0.15) is 32.7 Å². The van der Waals surface area contributed by atoms with Crippen LogP contribution in [0.25, 0.3) is 11.0 Å². The van der Waals surface area contributed by atoms with Gasteiger partial charge in [0.2, 0.25) is 5.91 Å². The molecule has 2 amide bonds. The molecule has 0 saturated heterocycles. The summed E-state index contributed by atoms with van der Waals surface area (Å²) >= 11 is 0. The average molecular weight is 322 g/mol. The zero-order valence-electron chi connectivity index (χ0n) is 13.1. The number of nitrogens with one attached hydrogen (secondary N) is 1. The molecule has 1 aromatic heterocycles. The van der Waals surface area contributed by atoms with Gasteiger partial charge in [-0.15, -0.1) is 0 Å². The second-order valence-electron chi connectivity index (χ2n) is 5.52. The average Bonchev–Trinajstić information content (AvgIpc) is 3.07. The molecule has 3 aromatic rings. The molecule has 1 heterocycles. The molecule has 3 rings (SSSR count). The van der Waals surface area contributed by atoms with E-state index in [-0.39, 0.29) is 5.91 Å². The third-order valence-corrected chi connectivity index (χ3v) is 3.93. The Bertz CT molecular complexity index is 883. The van der Waals surface area contributed by atoms with Gasteiger partial charge in [0.1, 0.15) is 5.58 Å². The number of rotatable bonds is 6. The normalized spacial score (nSPS) is 10.7. The number of aryl methyl sites for hydroxylation is 1. The van der Waals surface area contributed by atoms with Gasteiger partial charge < -0.3 is 15.5 Å². The van der Waals surface area contributed by atoms with Crippen molar-refractivity contribution in [3.63, 3.8) is 0 Å². The van der Waals surface area contributed by atoms with Crippen LogP contribution in [0.15, 0.2) is 59.2 Å². The van der Waals surface area contributed by atoms with Gasteiger partial charge in [-0.1, -0.05) is 24.3 Å². The predicted octanol–water partition coefficient (Wildman–Crippen LogP) is 2.89. The first-order valence-corrected chi connectivity index (χ1v) is 7.79. The van der Waals surface area contributed by atoms with Crippen molar-refractivity contribution in [1.82, 2.24) is 5.32 Å². The van der Waals surface area contributed by atoms with Crippen LogP contribution in [-0.4, -0.2) is 18.4 Å². The molecule has 3 N–H and O–H groups in total. The minimum atomic E-state index is -0.429. The van der Waals surface area contributed by atoms with Crippen molar-refractivity contribution < 1.29 is 14.0 Å². The molecule has 0 spiro atoms. The fourth-order valence-electron chi connectivity index (χ4n) is 2.75. The Hall–Kier alpha value is -3.08. The van der Waals surface area contributed by atoms with E-state index < -0.39 is 5.91 Å². The van der Waals surface area contributed by atoms with E-state index >= 15 is 0 Å². The van der Waals surface area contributed by atoms with Crippen LogP contribution in [-0.2, 0) is 6.42 Å². The van der Waals surface area contributed by atoms with Crippen molar-refractivity contribution in [3.8, 4) is 0 Å². The summed E-state index contributed by atoms with van der Waals surface area (Å²) in [5.74, 6) is -0.563. The fraction of sp³-hybridized carbons (Fsp3) is 0.158. The molecule has 0 radical (unpaired) electrons. The molecule has 0 aliphatic carbocycles. The number of nitrogens with two attached hydrogens (primary N) is 1. The zero-order chi connectivity index (χ0) is 16.9. The topological polar surface area (TPSA) is 85.3 Å². The first-order chi connectivity index (χ1) is 11.7. The molecule has 24 heavy (non-hydrogen) atoms. The maximum Gasteiger partial charge on any atom is 0.252 e. The van der Waals surface area contributed by atoms with Crippen LogP contribution in [0.3, 0.4) is 0 Å². The maximum absolute atomic E-state index is 12.3. The first-order valence-electron chi connectivity index (χ1n) is 7.79. The maximum atomic E-state index is 12.3. The highest BCUT2D eigenvalue weighted by atomic mass is 16.3. The summed E-state index contributed by atoms with van der Waals surface area (Å²) in [7, 11) is 0. The number of furan rings is 1. The Kier molecular flexibility index (Phi) is 4.61. The largest absolute Gasteiger partial charge is 0.464 e. The van der Waals surface area contributed by atoms with Gasteiger partial charge in [-0.3, -0.25) is 9.59 Å². The highest BCUT2D eigenvalue weighted by Gasteiger charge is 2.11. The standard InChI is InChI=1S/C19H18N2O3/c20-18(22)14-7-2-1-5-13(14)6-4-11-21-19(23)16-8-3-9-17-15(16)10-12-24-17/h1-3,5,7-10,12H,4,6,11H2,(H2,20,22)(H,21,23). The minimum Gasteiger partial charge on any atom is -0.464 e. The van der Waals surface area contributed by atoms with Crippen molar-refractivity contribution in [2.45, 2.75) is 12.8 Å². The Labute approximate surface area is 139 Å². The van der Waals surface area contributed by atoms with Gasteiger partial charge in [0.25, 0.3) is 5.91 Å². The van der Waals surface area contributed by atoms with Gasteiger partial charge in [0.15, 0.2) is 0 Å². The smallest absolute Gasteiger partial charge is 0.252 e. The van der Waals surface area contributed by atoms with Crippen molar-refractivity contribution in [1.29, 1.82) is 0 Å². The second-order valence-corrected chi connectivity index (χ2v) is 5.52. The summed E-state index contributed by atoms with van der Waals surface area (Å²) in [6.07, 6.45) is 2.97. The molecule has 0 atom stereocenters. The van der Waals surface area contributed by atoms with Crippen molar-refractivity contribution in [3.05, 3.63) is 71.5 Å². The molecule has 0 fully saturated rings. The Morgan fingerprint density at radius 3 is 2.62 bits per heavy atom. The van der Waals surface area contributed by atoms with Crippen molar-refractivity contribution in [2.24, 2.45) is 5.73 Å². The lowest BCUT2D eigenvalue weighted by Gasteiger charge is -2.08. The molecule has 122 valence electrons. The van der Waals surface area contributed by atoms with Gasteiger partial charge in [-0.05, 0) is 42.7 Å². The number of fused-ring (bicyclic) bond motifs is 1. The number of hydrogen-bond acceptors (Lipinski definition) is 3. The molecule has 0 unspecified atom stereocenters. The molecular formula is C19H18N2O3. The van der Waals surface area contributed by atoms with E-state index in [1.165, 1.54) is 0 Å². The Morgan fingerprint density at radius 2 is 1.79 bits per heavy atom. The van der Waals surface area contributed by atoms with E-state index in [1.807, 2.05) is 18.2 Å². The molecule has 0 saturated carbocycles. The summed E-state index contributed by atoms with van der Waals surface area (Å²) in [5.41, 5.74) is 8.09. The molecule has 2 aromatic carbocycles. The van der Waals surface area contributed by atoms with E-state index in [2.05, 4.69) is 5.32 Å². The number of carbonyl (C=O) groups excluding carboxylic acids is 2. The minimum absolute atomic E-state index is 0.134. The summed E-state index contributed by atoms with van der Waals surface area (Å²) < 4.78 is 5.30. The van der Waals surface area contributed by atoms with E-state index in [1.54, 1.807) is 36.6 Å². The van der Waals surface area contributed by atoms with E-state index in [0.29, 0.717) is 29.7 Å². The van der Waals surface area contributed by atoms with Crippen LogP contribution in [0.5, 0.6) is 0 Å². The van der Waals surface area contributed by atoms with Gasteiger partial charge in [0.05, 0.1) is 11.8 Å². The molecular weight excluding hydrogens is 304 g/mol. The van der Waals surface area contributed by atoms with Crippen LogP contribution in [0.4, 0.5) is 0 Å². The number of primary amides is 1. The number of amides is 2. The lowest BCUT2D eigenvalue weighted by Crippen LogP contribution is -2.25. The lowest BCUT2D eigenvalue weighted by atomic mass is 10.0. The molecule has 5 nitrogen and oxygen atoms in total. The van der Waals surface area contributed by atoms with Gasteiger partial charge in [-0.25, -0.2) is 0 Å². The number of hydrogen-bond donors (Lipinski definition) is 2. The van der Waals surface area contributed by atoms with Crippen LogP contribution < -0.4 is 11.1 Å². The Morgan fingerprint density at radius 1 is 1.00 bits per heavy atom. The van der Waals surface area contributed by atoms with Gasteiger partial charge in [0, 0.05) is 17.5 Å². The molecule has 0 aliphatic rings. The molecule has 0 aliphatic heterocycles. The summed E-state index contributed by atoms with van der Waals surface area (Å²) in [6.45, 7) is 0.514. The second kappa shape index (κ2) is 7.00. The SMILES string of the molecule is NC(=O)c1ccccc1CCCNC(=O)c1cccc2occc12. The predicted molar refractivity (Wildman–Crippen MR) is 91.8 cm³/mol. The van der Waals surface area contributed by atoms with Crippen molar-refractivity contribution >= 4 is 22.8 Å². The number of carbonyl (C=O) groups is 2. The highest BCUT2D eigenvalue weighted by Crippen LogP contribution is 2.19. The Balaban J connectivity index is 1.58. The van der Waals surface area contributed by atoms with Crippen LogP contribution in [0, 0.1) is 0 Å². The monoisotopic (exact) mass is 322 g/mol. The van der Waals surface area contributed by atoms with E-state index in [4.69, 9.17) is 10.2 Å². The first kappa shape index (κ1) is 15.8. The zero-order valence-corrected chi connectivity index (χ0v) is 13.1. The third kappa shape index (κ3) is 3.30. The van der Waals surface area contributed by atoms with E-state index in [0.717, 1.165) is 17.4 Å². The van der Waals surface area contributed by atoms with Crippen LogP contribution in [0.2, 0.25) is 0 Å². The molecule has 0 bridgehead atoms. The number of benzene rings is 2. The fourth-order valence-corrected chi connectivity index (χ4v) is 2.75. The summed E-state index contributed by atoms with van der Waals surface area (Å²) in [4.78, 5) is 23.7. The van der Waals surface area contributed by atoms with Crippen molar-refractivity contribution in [2.75, 3.05) is 6.54 Å². The summed E-state index contributed by atoms with van der Waals surface area (Å²) in [6, 6.07) is 14.4. The van der Waals surface area contributed by atoms with E-state index in [9.17, 15) is 9.59 Å². The van der Waals surface area contributed by atoms with Gasteiger partial charge >= 0.3 is 0 Å². The summed E-state index contributed by atoms with van der Waals surface area (Å²) in [5, 5.41) is 3.70. The quantitative estimate of drug-likeness (QED) is 0.684. The lowest BCUT2D eigenvalue weighted by molar-refractivity contribution is 0.0952. The van der Waals surface area contributed by atoms with Gasteiger partial charge in [-0.2, -0.15) is 0 Å².